The van der Waals surface area contributed by atoms with E-state index in [4.69, 9.17) is 15.9 Å². The second-order valence-electron chi connectivity index (χ2n) is 11.0. The Morgan fingerprint density at radius 2 is 1.45 bits per heavy atom. The van der Waals surface area contributed by atoms with E-state index >= 15 is 0 Å². The van der Waals surface area contributed by atoms with Crippen LogP contribution in [0, 0.1) is 17.3 Å². The fourth-order valence-electron chi connectivity index (χ4n) is 3.67. The van der Waals surface area contributed by atoms with Gasteiger partial charge in [-0.15, -0.1) is 0 Å². The molecule has 0 aliphatic rings. The highest BCUT2D eigenvalue weighted by molar-refractivity contribution is 5.98. The number of rotatable bonds is 16. The molecule has 0 rings (SSSR count). The number of Topliss-reactive ketones (excluding diaryl/α,β-unsaturated/α-hetero) is 1. The number of carbonyl (C=O) groups is 6. The van der Waals surface area contributed by atoms with E-state index in [2.05, 4.69) is 5.32 Å². The summed E-state index contributed by atoms with van der Waals surface area (Å²) in [6.07, 6.45) is -0.471. The Kier molecular flexibility index (Phi) is 13.9. The summed E-state index contributed by atoms with van der Waals surface area (Å²) in [5.74, 6) is -6.89. The summed E-state index contributed by atoms with van der Waals surface area (Å²) in [5.41, 5.74) is 5.81. The Balaban J connectivity index is 5.83. The molecule has 0 aliphatic carbocycles. The van der Waals surface area contributed by atoms with Crippen LogP contribution in [0.2, 0.25) is 0 Å². The summed E-state index contributed by atoms with van der Waals surface area (Å²) in [6.45, 7) is 10.7. The fraction of sp³-hybridized carbons (Fsp3) is 0.692. The number of nitrogens with zero attached hydrogens (tertiary/aromatic N) is 1. The summed E-state index contributed by atoms with van der Waals surface area (Å²) < 4.78 is 0. The van der Waals surface area contributed by atoms with Crippen molar-refractivity contribution in [2.24, 2.45) is 23.0 Å². The van der Waals surface area contributed by atoms with Crippen LogP contribution >= 0.6 is 0 Å². The smallest absolute Gasteiger partial charge is 0.306 e. The van der Waals surface area contributed by atoms with E-state index in [0.717, 1.165) is 0 Å². The summed E-state index contributed by atoms with van der Waals surface area (Å²) in [4.78, 5) is 73.7. The van der Waals surface area contributed by atoms with Crippen LogP contribution in [-0.2, 0) is 28.8 Å². The maximum absolute atomic E-state index is 13.0. The highest BCUT2D eigenvalue weighted by atomic mass is 16.4. The van der Waals surface area contributed by atoms with E-state index in [-0.39, 0.29) is 30.2 Å². The monoisotopic (exact) mass is 541 g/mol. The molecule has 0 aliphatic heterocycles. The number of hydrogen-bond acceptors (Lipinski definition) is 7. The first kappa shape index (κ1) is 34.7. The molecule has 4 atom stereocenters. The Morgan fingerprint density at radius 3 is 1.87 bits per heavy atom. The topological polar surface area (TPSA) is 204 Å². The van der Waals surface area contributed by atoms with Gasteiger partial charge in [-0.1, -0.05) is 40.7 Å². The van der Waals surface area contributed by atoms with Crippen LogP contribution in [0.25, 0.3) is 0 Å². The Morgan fingerprint density at radius 1 is 0.947 bits per heavy atom. The van der Waals surface area contributed by atoms with Gasteiger partial charge in [0.25, 0.3) is 0 Å². The lowest BCUT2D eigenvalue weighted by Gasteiger charge is -2.35. The third kappa shape index (κ3) is 11.8. The van der Waals surface area contributed by atoms with Crippen molar-refractivity contribution < 1.29 is 44.1 Å². The minimum atomic E-state index is -1.36. The first-order valence-corrected chi connectivity index (χ1v) is 12.5. The molecular formula is C26H43N3O9. The van der Waals surface area contributed by atoms with Crippen LogP contribution < -0.4 is 11.1 Å². The lowest BCUT2D eigenvalue weighted by molar-refractivity contribution is -0.145. The molecule has 6 N–H and O–H groups in total. The number of nitrogens with two attached hydrogens (primary N) is 1. The minimum absolute atomic E-state index is 0.103. The van der Waals surface area contributed by atoms with Gasteiger partial charge < -0.3 is 31.3 Å². The van der Waals surface area contributed by atoms with Gasteiger partial charge in [0.05, 0.1) is 24.0 Å². The van der Waals surface area contributed by atoms with Crippen LogP contribution in [0.15, 0.2) is 11.6 Å². The molecule has 12 heteroatoms. The van der Waals surface area contributed by atoms with Crippen LogP contribution in [-0.4, -0.2) is 80.9 Å². The molecular weight excluding hydrogens is 498 g/mol. The molecule has 0 saturated carbocycles. The molecule has 216 valence electrons. The van der Waals surface area contributed by atoms with Gasteiger partial charge in [0, 0.05) is 31.9 Å². The van der Waals surface area contributed by atoms with Crippen molar-refractivity contribution in [2.75, 3.05) is 7.05 Å². The normalized spacial score (nSPS) is 15.2. The first-order chi connectivity index (χ1) is 17.3. The van der Waals surface area contributed by atoms with Gasteiger partial charge in [0.15, 0.2) is 5.78 Å². The van der Waals surface area contributed by atoms with Crippen LogP contribution in [0.5, 0.6) is 0 Å². The van der Waals surface area contributed by atoms with Gasteiger partial charge >= 0.3 is 17.9 Å². The number of aliphatic carboxylic acids is 3. The summed E-state index contributed by atoms with van der Waals surface area (Å²) in [7, 11) is 1.59. The number of ketones is 1. The zero-order chi connectivity index (χ0) is 30.0. The summed E-state index contributed by atoms with van der Waals surface area (Å²) >= 11 is 0. The molecule has 0 aromatic heterocycles. The minimum Gasteiger partial charge on any atom is -0.481 e. The molecule has 0 saturated heterocycles. The summed E-state index contributed by atoms with van der Waals surface area (Å²) in [6, 6.07) is -2.58. The summed E-state index contributed by atoms with van der Waals surface area (Å²) in [5, 5.41) is 29.7. The fourth-order valence-corrected chi connectivity index (χ4v) is 3.67. The molecule has 12 nitrogen and oxygen atoms in total. The number of carboxylic acid groups (broad SMARTS) is 3. The molecule has 0 aromatic carbocycles. The van der Waals surface area contributed by atoms with E-state index in [0.29, 0.717) is 0 Å². The third-order valence-electron chi connectivity index (χ3n) is 6.30. The van der Waals surface area contributed by atoms with Crippen molar-refractivity contribution in [3.63, 3.8) is 0 Å². The first-order valence-electron chi connectivity index (χ1n) is 12.5. The number of likely N-dealkylation sites (N-methyl/N-ethyl adjacent to an activating group) is 1. The second kappa shape index (κ2) is 15.2. The Bertz CT molecular complexity index is 921. The number of carbonyl (C=O) groups excluding carboxylic acids is 3. The molecule has 0 bridgehead atoms. The van der Waals surface area contributed by atoms with Gasteiger partial charge in [0.2, 0.25) is 11.8 Å². The highest BCUT2D eigenvalue weighted by Crippen LogP contribution is 2.22. The van der Waals surface area contributed by atoms with Crippen molar-refractivity contribution in [1.29, 1.82) is 0 Å². The molecule has 0 fully saturated rings. The van der Waals surface area contributed by atoms with Gasteiger partial charge in [0.1, 0.15) is 0 Å². The number of amides is 2. The van der Waals surface area contributed by atoms with Crippen LogP contribution in [0.3, 0.4) is 0 Å². The number of nitrogens with one attached hydrogen (secondary N) is 1. The molecule has 0 spiro atoms. The van der Waals surface area contributed by atoms with Gasteiger partial charge in [-0.2, -0.15) is 0 Å². The molecule has 0 heterocycles. The zero-order valence-corrected chi connectivity index (χ0v) is 23.3. The van der Waals surface area contributed by atoms with Crippen LogP contribution in [0.1, 0.15) is 73.6 Å². The lowest BCUT2D eigenvalue weighted by atomic mass is 9.86. The molecule has 0 aromatic rings. The van der Waals surface area contributed by atoms with Crippen molar-refractivity contribution in [1.82, 2.24) is 10.2 Å². The quantitative estimate of drug-likeness (QED) is 0.179. The Hall–Kier alpha value is -3.28. The predicted molar refractivity (Wildman–Crippen MR) is 139 cm³/mol. The van der Waals surface area contributed by atoms with Crippen molar-refractivity contribution in [3.05, 3.63) is 11.6 Å². The number of hydrogen-bond donors (Lipinski definition) is 5. The average molecular weight is 542 g/mol. The van der Waals surface area contributed by atoms with Crippen molar-refractivity contribution in [3.8, 4) is 0 Å². The SMILES string of the molecule is C/C(=C\[C@H](C(C)C)N(C)C(=O)[C@@H](N)C(C)(C)C)C(=O)NC(CCC(=O)O)C(=O)CC(CCC(=O)O)C(=O)O. The van der Waals surface area contributed by atoms with E-state index in [9.17, 15) is 33.9 Å². The maximum Gasteiger partial charge on any atom is 0.306 e. The molecule has 2 unspecified atom stereocenters. The van der Waals surface area contributed by atoms with Crippen molar-refractivity contribution in [2.45, 2.75) is 91.8 Å². The largest absolute Gasteiger partial charge is 0.481 e. The lowest BCUT2D eigenvalue weighted by Crippen LogP contribution is -2.52. The standard InChI is InChI=1S/C26H43N3O9/c1-14(2)18(29(7)24(36)22(27)26(4,5)6)12-15(3)23(35)28-17(9-11-21(33)34)19(30)13-16(25(37)38)8-10-20(31)32/h12,14,16-18,22H,8-11,13,27H2,1-7H3,(H,28,35)(H,31,32)(H,33,34)(H,37,38)/b15-12+/t16?,17?,18-,22-/m1/s1. The third-order valence-corrected chi connectivity index (χ3v) is 6.30. The second-order valence-corrected chi connectivity index (χ2v) is 11.0. The van der Waals surface area contributed by atoms with E-state index in [1.165, 1.54) is 11.8 Å². The molecule has 0 radical (unpaired) electrons. The van der Waals surface area contributed by atoms with E-state index in [1.54, 1.807) is 13.1 Å². The van der Waals surface area contributed by atoms with Gasteiger partial charge in [-0.25, -0.2) is 0 Å². The Labute approximate surface area is 223 Å². The van der Waals surface area contributed by atoms with Crippen LogP contribution in [0.4, 0.5) is 0 Å². The van der Waals surface area contributed by atoms with Gasteiger partial charge in [-0.05, 0) is 31.1 Å². The van der Waals surface area contributed by atoms with E-state index < -0.39 is 78.3 Å². The predicted octanol–water partition coefficient (Wildman–Crippen LogP) is 1.66. The van der Waals surface area contributed by atoms with Crippen molar-refractivity contribution >= 4 is 35.5 Å². The zero-order valence-electron chi connectivity index (χ0n) is 23.3. The average Bonchev–Trinajstić information content (AvgIpc) is 2.79. The highest BCUT2D eigenvalue weighted by Gasteiger charge is 2.33. The van der Waals surface area contributed by atoms with Gasteiger partial charge in [-0.3, -0.25) is 28.8 Å². The number of carboxylic acids is 3. The maximum atomic E-state index is 13.0. The molecule has 2 amide bonds. The molecule has 38 heavy (non-hydrogen) atoms. The van der Waals surface area contributed by atoms with E-state index in [1.807, 2.05) is 34.6 Å².